The topological polar surface area (TPSA) is 76.4 Å². The fourth-order valence-electron chi connectivity index (χ4n) is 2.94. The first-order valence-electron chi connectivity index (χ1n) is 8.88. The Morgan fingerprint density at radius 3 is 2.48 bits per heavy atom. The standard InChI is InChI=1S/C16H17F3N4O2.C2H6/c1-8-3-13-21-12(6-14(24)23(13)22-9(8)2)15(25)20-11-4-10(5-11)7-16(17,18)19;1-2/h3,6,10-11H,4-5,7H2,1-2H3,(H,20,25);1-2H3. The SMILES string of the molecule is CC.Cc1cc2nc(C(=O)NC3CC(CC(F)(F)F)C3)cc(=O)n2nc1C. The number of hydrogen-bond donors (Lipinski definition) is 1. The summed E-state index contributed by atoms with van der Waals surface area (Å²) < 4.78 is 38.0. The summed E-state index contributed by atoms with van der Waals surface area (Å²) in [5, 5.41) is 6.74. The zero-order valence-corrected chi connectivity index (χ0v) is 15.7. The second-order valence-electron chi connectivity index (χ2n) is 6.49. The zero-order chi connectivity index (χ0) is 20.4. The summed E-state index contributed by atoms with van der Waals surface area (Å²) in [6.07, 6.45) is -4.47. The minimum Gasteiger partial charge on any atom is -0.348 e. The van der Waals surface area contributed by atoms with E-state index in [1.165, 1.54) is 0 Å². The summed E-state index contributed by atoms with van der Waals surface area (Å²) in [7, 11) is 0. The van der Waals surface area contributed by atoms with E-state index < -0.39 is 30.0 Å². The number of alkyl halides is 3. The average molecular weight is 384 g/mol. The number of hydrogen-bond acceptors (Lipinski definition) is 4. The van der Waals surface area contributed by atoms with Crippen molar-refractivity contribution < 1.29 is 18.0 Å². The Bertz CT molecular complexity index is 887. The van der Waals surface area contributed by atoms with Crippen molar-refractivity contribution in [3.8, 4) is 0 Å². The van der Waals surface area contributed by atoms with Crippen LogP contribution in [0.4, 0.5) is 13.2 Å². The van der Waals surface area contributed by atoms with Crippen molar-refractivity contribution in [3.63, 3.8) is 0 Å². The molecule has 0 spiro atoms. The molecule has 3 rings (SSSR count). The van der Waals surface area contributed by atoms with Crippen molar-refractivity contribution in [1.29, 1.82) is 0 Å². The lowest BCUT2D eigenvalue weighted by Crippen LogP contribution is -2.45. The molecule has 1 fully saturated rings. The summed E-state index contributed by atoms with van der Waals surface area (Å²) in [4.78, 5) is 28.5. The normalized spacial score (nSPS) is 19.1. The first kappa shape index (κ1) is 20.9. The van der Waals surface area contributed by atoms with Crippen molar-refractivity contribution in [2.75, 3.05) is 0 Å². The van der Waals surface area contributed by atoms with E-state index in [0.717, 1.165) is 16.1 Å². The number of aryl methyl sites for hydroxylation is 2. The highest BCUT2D eigenvalue weighted by Crippen LogP contribution is 2.37. The molecule has 2 aromatic rings. The van der Waals surface area contributed by atoms with Crippen molar-refractivity contribution in [2.24, 2.45) is 5.92 Å². The molecule has 27 heavy (non-hydrogen) atoms. The van der Waals surface area contributed by atoms with Gasteiger partial charge >= 0.3 is 6.18 Å². The van der Waals surface area contributed by atoms with Gasteiger partial charge in [-0.1, -0.05) is 13.8 Å². The second-order valence-corrected chi connectivity index (χ2v) is 6.49. The Labute approximate surface area is 154 Å². The first-order valence-corrected chi connectivity index (χ1v) is 8.88. The van der Waals surface area contributed by atoms with E-state index in [2.05, 4.69) is 15.4 Å². The predicted molar refractivity (Wildman–Crippen MR) is 94.7 cm³/mol. The first-order chi connectivity index (χ1) is 12.6. The smallest absolute Gasteiger partial charge is 0.348 e. The molecule has 1 N–H and O–H groups in total. The van der Waals surface area contributed by atoms with Crippen LogP contribution in [0.3, 0.4) is 0 Å². The molecule has 0 radical (unpaired) electrons. The maximum absolute atomic E-state index is 12.3. The van der Waals surface area contributed by atoms with Gasteiger partial charge in [-0.3, -0.25) is 9.59 Å². The quantitative estimate of drug-likeness (QED) is 0.882. The third-order valence-electron chi connectivity index (χ3n) is 4.41. The van der Waals surface area contributed by atoms with E-state index in [1.54, 1.807) is 13.0 Å². The Morgan fingerprint density at radius 2 is 1.89 bits per heavy atom. The van der Waals surface area contributed by atoms with E-state index >= 15 is 0 Å². The van der Waals surface area contributed by atoms with Crippen molar-refractivity contribution >= 4 is 11.6 Å². The second kappa shape index (κ2) is 8.06. The van der Waals surface area contributed by atoms with Crippen molar-refractivity contribution in [3.05, 3.63) is 39.4 Å². The molecule has 2 aromatic heterocycles. The van der Waals surface area contributed by atoms with Crippen LogP contribution in [0.5, 0.6) is 0 Å². The summed E-state index contributed by atoms with van der Waals surface area (Å²) in [6.45, 7) is 7.58. The van der Waals surface area contributed by atoms with Gasteiger partial charge in [0.25, 0.3) is 11.5 Å². The maximum Gasteiger partial charge on any atom is 0.389 e. The molecule has 1 amide bonds. The molecule has 1 aliphatic rings. The predicted octanol–water partition coefficient (Wildman–Crippen LogP) is 3.19. The molecule has 0 saturated heterocycles. The van der Waals surface area contributed by atoms with E-state index in [-0.39, 0.29) is 30.2 Å². The fourth-order valence-corrected chi connectivity index (χ4v) is 2.94. The fraction of sp³-hybridized carbons (Fsp3) is 0.556. The molecular formula is C18H23F3N4O2. The molecule has 6 nitrogen and oxygen atoms in total. The van der Waals surface area contributed by atoms with Gasteiger partial charge in [0.1, 0.15) is 5.69 Å². The Balaban J connectivity index is 0.00000126. The summed E-state index contributed by atoms with van der Waals surface area (Å²) in [6, 6.07) is 2.41. The molecule has 0 bridgehead atoms. The Hall–Kier alpha value is -2.45. The van der Waals surface area contributed by atoms with Crippen LogP contribution in [0.25, 0.3) is 5.65 Å². The summed E-state index contributed by atoms with van der Waals surface area (Å²) in [5.41, 5.74) is 1.22. The molecular weight excluding hydrogens is 361 g/mol. The van der Waals surface area contributed by atoms with Gasteiger partial charge in [0.15, 0.2) is 5.65 Å². The number of carbonyl (C=O) groups excluding carboxylic acids is 1. The van der Waals surface area contributed by atoms with Crippen LogP contribution in [0, 0.1) is 19.8 Å². The molecule has 1 saturated carbocycles. The number of halogens is 3. The van der Waals surface area contributed by atoms with Crippen molar-refractivity contribution in [1.82, 2.24) is 19.9 Å². The maximum atomic E-state index is 12.3. The average Bonchev–Trinajstić information content (AvgIpc) is 2.55. The molecule has 1 aliphatic carbocycles. The highest BCUT2D eigenvalue weighted by atomic mass is 19.4. The monoisotopic (exact) mass is 384 g/mol. The Kier molecular flexibility index (Phi) is 6.22. The van der Waals surface area contributed by atoms with Crippen LogP contribution in [0.1, 0.15) is 54.9 Å². The number of nitrogens with one attached hydrogen (secondary N) is 1. The molecule has 0 aliphatic heterocycles. The highest BCUT2D eigenvalue weighted by Gasteiger charge is 2.39. The van der Waals surface area contributed by atoms with Crippen LogP contribution >= 0.6 is 0 Å². The minimum atomic E-state index is -4.18. The number of carbonyl (C=O) groups is 1. The van der Waals surface area contributed by atoms with Gasteiger partial charge in [-0.15, -0.1) is 0 Å². The van der Waals surface area contributed by atoms with Crippen LogP contribution in [-0.2, 0) is 0 Å². The largest absolute Gasteiger partial charge is 0.389 e. The number of aromatic nitrogens is 3. The van der Waals surface area contributed by atoms with Gasteiger partial charge < -0.3 is 5.32 Å². The number of amides is 1. The van der Waals surface area contributed by atoms with Crippen molar-refractivity contribution in [2.45, 2.75) is 59.2 Å². The number of nitrogens with zero attached hydrogens (tertiary/aromatic N) is 3. The summed E-state index contributed by atoms with van der Waals surface area (Å²) in [5.74, 6) is -1.02. The molecule has 0 atom stereocenters. The molecule has 9 heteroatoms. The lowest BCUT2D eigenvalue weighted by Gasteiger charge is -2.36. The number of rotatable bonds is 3. The van der Waals surface area contributed by atoms with E-state index in [1.807, 2.05) is 20.8 Å². The van der Waals surface area contributed by atoms with Gasteiger partial charge in [-0.2, -0.15) is 22.8 Å². The van der Waals surface area contributed by atoms with E-state index in [9.17, 15) is 22.8 Å². The highest BCUT2D eigenvalue weighted by molar-refractivity contribution is 5.92. The van der Waals surface area contributed by atoms with Gasteiger partial charge in [-0.05, 0) is 44.2 Å². The minimum absolute atomic E-state index is 0.0608. The van der Waals surface area contributed by atoms with Crippen LogP contribution in [-0.4, -0.2) is 32.7 Å². The van der Waals surface area contributed by atoms with Gasteiger partial charge in [0.2, 0.25) is 0 Å². The number of fused-ring (bicyclic) bond motifs is 1. The van der Waals surface area contributed by atoms with Crippen LogP contribution < -0.4 is 10.9 Å². The van der Waals surface area contributed by atoms with Gasteiger partial charge in [-0.25, -0.2) is 4.98 Å². The lowest BCUT2D eigenvalue weighted by molar-refractivity contribution is -0.151. The third-order valence-corrected chi connectivity index (χ3v) is 4.41. The molecule has 0 unspecified atom stereocenters. The molecule has 148 valence electrons. The van der Waals surface area contributed by atoms with E-state index in [0.29, 0.717) is 5.69 Å². The zero-order valence-electron chi connectivity index (χ0n) is 15.7. The molecule has 2 heterocycles. The van der Waals surface area contributed by atoms with Gasteiger partial charge in [0.05, 0.1) is 5.69 Å². The van der Waals surface area contributed by atoms with E-state index in [4.69, 9.17) is 0 Å². The van der Waals surface area contributed by atoms with Gasteiger partial charge in [0, 0.05) is 18.5 Å². The van der Waals surface area contributed by atoms with Crippen LogP contribution in [0.2, 0.25) is 0 Å². The Morgan fingerprint density at radius 1 is 1.26 bits per heavy atom. The molecule has 0 aromatic carbocycles. The third kappa shape index (κ3) is 5.05. The lowest BCUT2D eigenvalue weighted by atomic mass is 9.78. The summed E-state index contributed by atoms with van der Waals surface area (Å²) >= 11 is 0. The van der Waals surface area contributed by atoms with Crippen LogP contribution in [0.15, 0.2) is 16.9 Å².